The summed E-state index contributed by atoms with van der Waals surface area (Å²) in [5.41, 5.74) is 0. The number of rotatable bonds is 4. The van der Waals surface area contributed by atoms with Crippen LogP contribution in [0.2, 0.25) is 0 Å². The largest absolute Gasteiger partial charge is 0.481 e. The second-order valence-electron chi connectivity index (χ2n) is 4.19. The Hall–Kier alpha value is -0.180. The van der Waals surface area contributed by atoms with Crippen molar-refractivity contribution in [3.63, 3.8) is 0 Å². The highest BCUT2D eigenvalue weighted by atomic mass is 32.2. The molecule has 0 radical (unpaired) electrons. The van der Waals surface area contributed by atoms with Crippen LogP contribution in [0.25, 0.3) is 0 Å². The molecule has 0 bridgehead atoms. The SMILES string of the molecule is CCCC1CCC(C(=O)O)C(SC)C1. The summed E-state index contributed by atoms with van der Waals surface area (Å²) in [6.07, 6.45) is 7.63. The molecule has 1 N–H and O–H groups in total. The summed E-state index contributed by atoms with van der Waals surface area (Å²) in [6, 6.07) is 0. The molecule has 0 saturated heterocycles. The van der Waals surface area contributed by atoms with Gasteiger partial charge in [-0.25, -0.2) is 0 Å². The van der Waals surface area contributed by atoms with Crippen molar-refractivity contribution in [3.05, 3.63) is 0 Å². The monoisotopic (exact) mass is 216 g/mol. The first-order valence-electron chi connectivity index (χ1n) is 5.44. The highest BCUT2D eigenvalue weighted by Crippen LogP contribution is 2.37. The zero-order valence-corrected chi connectivity index (χ0v) is 9.85. The number of carboxylic acids is 1. The Morgan fingerprint density at radius 2 is 2.21 bits per heavy atom. The molecule has 0 amide bonds. The van der Waals surface area contributed by atoms with Gasteiger partial charge in [0.2, 0.25) is 0 Å². The lowest BCUT2D eigenvalue weighted by atomic mass is 9.80. The minimum Gasteiger partial charge on any atom is -0.481 e. The minimum absolute atomic E-state index is 0.0990. The maximum absolute atomic E-state index is 11.0. The zero-order valence-electron chi connectivity index (χ0n) is 9.03. The molecule has 3 heteroatoms. The van der Waals surface area contributed by atoms with Crippen LogP contribution < -0.4 is 0 Å². The van der Waals surface area contributed by atoms with Gasteiger partial charge in [0.15, 0.2) is 0 Å². The van der Waals surface area contributed by atoms with Crippen molar-refractivity contribution in [1.29, 1.82) is 0 Å². The lowest BCUT2D eigenvalue weighted by Gasteiger charge is -2.32. The third-order valence-electron chi connectivity index (χ3n) is 3.22. The van der Waals surface area contributed by atoms with Crippen LogP contribution in [0.15, 0.2) is 0 Å². The molecule has 1 aliphatic carbocycles. The van der Waals surface area contributed by atoms with E-state index in [1.54, 1.807) is 11.8 Å². The molecule has 3 atom stereocenters. The summed E-state index contributed by atoms with van der Waals surface area (Å²) in [4.78, 5) is 11.0. The number of hydrogen-bond donors (Lipinski definition) is 1. The fourth-order valence-electron chi connectivity index (χ4n) is 2.43. The number of aliphatic carboxylic acids is 1. The van der Waals surface area contributed by atoms with Crippen LogP contribution in [0.5, 0.6) is 0 Å². The van der Waals surface area contributed by atoms with Crippen LogP contribution in [0, 0.1) is 11.8 Å². The lowest BCUT2D eigenvalue weighted by molar-refractivity contribution is -0.142. The molecule has 0 spiro atoms. The maximum atomic E-state index is 11.0. The summed E-state index contributed by atoms with van der Waals surface area (Å²) in [5, 5.41) is 9.39. The Kier molecular flexibility index (Phi) is 4.79. The number of hydrogen-bond acceptors (Lipinski definition) is 2. The van der Waals surface area contributed by atoms with E-state index in [0.29, 0.717) is 5.25 Å². The van der Waals surface area contributed by atoms with Gasteiger partial charge in [0.1, 0.15) is 0 Å². The van der Waals surface area contributed by atoms with Gasteiger partial charge in [-0.2, -0.15) is 11.8 Å². The van der Waals surface area contributed by atoms with E-state index in [0.717, 1.165) is 25.2 Å². The van der Waals surface area contributed by atoms with Crippen LogP contribution in [0.4, 0.5) is 0 Å². The summed E-state index contributed by atoms with van der Waals surface area (Å²) in [7, 11) is 0. The van der Waals surface area contributed by atoms with Gasteiger partial charge in [-0.3, -0.25) is 4.79 Å². The van der Waals surface area contributed by atoms with E-state index in [-0.39, 0.29) is 5.92 Å². The highest BCUT2D eigenvalue weighted by molar-refractivity contribution is 7.99. The Balaban J connectivity index is 2.50. The summed E-state index contributed by atoms with van der Waals surface area (Å²) in [6.45, 7) is 2.21. The molecule has 2 nitrogen and oxygen atoms in total. The molecule has 1 saturated carbocycles. The van der Waals surface area contributed by atoms with Crippen LogP contribution >= 0.6 is 11.8 Å². The average molecular weight is 216 g/mol. The van der Waals surface area contributed by atoms with Crippen molar-refractivity contribution < 1.29 is 9.90 Å². The fourth-order valence-corrected chi connectivity index (χ4v) is 3.47. The second-order valence-corrected chi connectivity index (χ2v) is 5.26. The van der Waals surface area contributed by atoms with E-state index in [1.165, 1.54) is 12.8 Å². The number of carbonyl (C=O) groups is 1. The third-order valence-corrected chi connectivity index (χ3v) is 4.34. The molecule has 0 aromatic carbocycles. The molecule has 0 aliphatic heterocycles. The Bertz CT molecular complexity index is 194. The quantitative estimate of drug-likeness (QED) is 0.785. The molecule has 3 unspecified atom stereocenters. The Labute approximate surface area is 90.5 Å². The van der Waals surface area contributed by atoms with Crippen LogP contribution in [0.1, 0.15) is 39.0 Å². The van der Waals surface area contributed by atoms with Gasteiger partial charge in [0.25, 0.3) is 0 Å². The fraction of sp³-hybridized carbons (Fsp3) is 0.909. The lowest BCUT2D eigenvalue weighted by Crippen LogP contribution is -2.32. The molecule has 0 aromatic heterocycles. The maximum Gasteiger partial charge on any atom is 0.307 e. The van der Waals surface area contributed by atoms with E-state index < -0.39 is 5.97 Å². The topological polar surface area (TPSA) is 37.3 Å². The van der Waals surface area contributed by atoms with E-state index in [2.05, 4.69) is 6.92 Å². The second kappa shape index (κ2) is 5.64. The van der Waals surface area contributed by atoms with Crippen molar-refractivity contribution in [3.8, 4) is 0 Å². The summed E-state index contributed by atoms with van der Waals surface area (Å²) < 4.78 is 0. The predicted octanol–water partition coefficient (Wildman–Crippen LogP) is 3.02. The molecule has 14 heavy (non-hydrogen) atoms. The number of carboxylic acid groups (broad SMARTS) is 1. The first kappa shape index (κ1) is 11.9. The average Bonchev–Trinajstić information content (AvgIpc) is 2.17. The van der Waals surface area contributed by atoms with Crippen molar-refractivity contribution in [2.75, 3.05) is 6.26 Å². The van der Waals surface area contributed by atoms with Crippen molar-refractivity contribution >= 4 is 17.7 Å². The van der Waals surface area contributed by atoms with Gasteiger partial charge in [-0.1, -0.05) is 19.8 Å². The third kappa shape index (κ3) is 2.91. The molecule has 0 heterocycles. The van der Waals surface area contributed by atoms with E-state index in [9.17, 15) is 4.79 Å². The summed E-state index contributed by atoms with van der Waals surface area (Å²) >= 11 is 1.73. The van der Waals surface area contributed by atoms with Crippen LogP contribution in [-0.4, -0.2) is 22.6 Å². The molecular weight excluding hydrogens is 196 g/mol. The predicted molar refractivity (Wildman–Crippen MR) is 60.7 cm³/mol. The van der Waals surface area contributed by atoms with Gasteiger partial charge in [-0.05, 0) is 31.4 Å². The van der Waals surface area contributed by atoms with Crippen molar-refractivity contribution in [2.24, 2.45) is 11.8 Å². The molecule has 82 valence electrons. The van der Waals surface area contributed by atoms with Gasteiger partial charge < -0.3 is 5.11 Å². The van der Waals surface area contributed by atoms with E-state index >= 15 is 0 Å². The standard InChI is InChI=1S/C11H20O2S/c1-3-4-8-5-6-9(11(12)13)10(7-8)14-2/h8-10H,3-7H2,1-2H3,(H,12,13). The minimum atomic E-state index is -0.598. The van der Waals surface area contributed by atoms with Crippen molar-refractivity contribution in [1.82, 2.24) is 0 Å². The van der Waals surface area contributed by atoms with Gasteiger partial charge in [-0.15, -0.1) is 0 Å². The van der Waals surface area contributed by atoms with Crippen LogP contribution in [0.3, 0.4) is 0 Å². The Morgan fingerprint density at radius 3 is 2.71 bits per heavy atom. The van der Waals surface area contributed by atoms with Gasteiger partial charge >= 0.3 is 5.97 Å². The zero-order chi connectivity index (χ0) is 10.6. The highest BCUT2D eigenvalue weighted by Gasteiger charge is 2.33. The normalized spacial score (nSPS) is 32.9. The van der Waals surface area contributed by atoms with E-state index in [4.69, 9.17) is 5.11 Å². The Morgan fingerprint density at radius 1 is 1.50 bits per heavy atom. The summed E-state index contributed by atoms with van der Waals surface area (Å²) in [5.74, 6) is 0.0745. The first-order chi connectivity index (χ1) is 6.69. The smallest absolute Gasteiger partial charge is 0.307 e. The first-order valence-corrected chi connectivity index (χ1v) is 6.73. The van der Waals surface area contributed by atoms with Gasteiger partial charge in [0.05, 0.1) is 5.92 Å². The molecule has 0 aromatic rings. The van der Waals surface area contributed by atoms with E-state index in [1.807, 2.05) is 6.26 Å². The molecule has 1 fully saturated rings. The molecular formula is C11H20O2S. The van der Waals surface area contributed by atoms with Gasteiger partial charge in [0, 0.05) is 5.25 Å². The van der Waals surface area contributed by atoms with Crippen molar-refractivity contribution in [2.45, 2.75) is 44.3 Å². The molecule has 1 aliphatic rings. The molecule has 1 rings (SSSR count). The van der Waals surface area contributed by atoms with Crippen LogP contribution in [-0.2, 0) is 4.79 Å². The number of thioether (sulfide) groups is 1.